The first kappa shape index (κ1) is 16.8. The molecule has 1 unspecified atom stereocenters. The van der Waals surface area contributed by atoms with Gasteiger partial charge in [0.1, 0.15) is 0 Å². The summed E-state index contributed by atoms with van der Waals surface area (Å²) in [6, 6.07) is 13.4. The summed E-state index contributed by atoms with van der Waals surface area (Å²) in [6.45, 7) is 2.77. The predicted octanol–water partition coefficient (Wildman–Crippen LogP) is 2.81. The van der Waals surface area contributed by atoms with E-state index in [0.717, 1.165) is 22.8 Å². The smallest absolute Gasteiger partial charge is 0.314 e. The number of amides is 2. The van der Waals surface area contributed by atoms with Crippen molar-refractivity contribution < 1.29 is 14.3 Å². The van der Waals surface area contributed by atoms with Crippen molar-refractivity contribution in [3.8, 4) is 0 Å². The van der Waals surface area contributed by atoms with E-state index in [1.54, 1.807) is 0 Å². The molecule has 23 heavy (non-hydrogen) atoms. The Morgan fingerprint density at radius 2 is 1.83 bits per heavy atom. The Balaban J connectivity index is 2.24. The SMILES string of the molecule is CCCNC(=O)NCC(C(=O)OC)c1cccc2ccccc12. The number of ether oxygens (including phenoxy) is 1. The number of hydrogen-bond acceptors (Lipinski definition) is 3. The minimum atomic E-state index is -0.543. The summed E-state index contributed by atoms with van der Waals surface area (Å²) in [4.78, 5) is 23.9. The fourth-order valence-electron chi connectivity index (χ4n) is 2.51. The van der Waals surface area contributed by atoms with Gasteiger partial charge in [0.05, 0.1) is 13.0 Å². The monoisotopic (exact) mass is 314 g/mol. The lowest BCUT2D eigenvalue weighted by Crippen LogP contribution is -2.39. The maximum Gasteiger partial charge on any atom is 0.314 e. The van der Waals surface area contributed by atoms with Crippen LogP contribution in [0.2, 0.25) is 0 Å². The second kappa shape index (κ2) is 8.17. The van der Waals surface area contributed by atoms with E-state index in [1.807, 2.05) is 49.4 Å². The summed E-state index contributed by atoms with van der Waals surface area (Å²) < 4.78 is 4.92. The zero-order valence-corrected chi connectivity index (χ0v) is 13.5. The predicted molar refractivity (Wildman–Crippen MR) is 90.4 cm³/mol. The lowest BCUT2D eigenvalue weighted by molar-refractivity contribution is -0.142. The summed E-state index contributed by atoms with van der Waals surface area (Å²) in [7, 11) is 1.36. The molecule has 2 amide bonds. The molecule has 5 heteroatoms. The number of esters is 1. The molecular formula is C18H22N2O3. The average Bonchev–Trinajstić information content (AvgIpc) is 2.59. The highest BCUT2D eigenvalue weighted by Crippen LogP contribution is 2.26. The number of carbonyl (C=O) groups excluding carboxylic acids is 2. The summed E-state index contributed by atoms with van der Waals surface area (Å²) >= 11 is 0. The van der Waals surface area contributed by atoms with Crippen LogP contribution in [0.1, 0.15) is 24.8 Å². The van der Waals surface area contributed by atoms with Crippen LogP contribution in [0.5, 0.6) is 0 Å². The number of rotatable bonds is 6. The van der Waals surface area contributed by atoms with Crippen LogP contribution in [-0.4, -0.2) is 32.2 Å². The number of methoxy groups -OCH3 is 1. The highest BCUT2D eigenvalue weighted by Gasteiger charge is 2.23. The number of benzene rings is 2. The number of hydrogen-bond donors (Lipinski definition) is 2. The molecule has 2 rings (SSSR count). The topological polar surface area (TPSA) is 67.4 Å². The third-order valence-electron chi connectivity index (χ3n) is 3.69. The lowest BCUT2D eigenvalue weighted by Gasteiger charge is -2.18. The first-order chi connectivity index (χ1) is 11.2. The van der Waals surface area contributed by atoms with Gasteiger partial charge in [-0.2, -0.15) is 0 Å². The zero-order valence-electron chi connectivity index (χ0n) is 13.5. The third kappa shape index (κ3) is 4.22. The maximum atomic E-state index is 12.2. The van der Waals surface area contributed by atoms with Crippen molar-refractivity contribution in [2.24, 2.45) is 0 Å². The first-order valence-corrected chi connectivity index (χ1v) is 7.74. The first-order valence-electron chi connectivity index (χ1n) is 7.74. The second-order valence-corrected chi connectivity index (χ2v) is 5.28. The Morgan fingerprint density at radius 3 is 2.57 bits per heavy atom. The molecule has 0 saturated carbocycles. The van der Waals surface area contributed by atoms with E-state index in [2.05, 4.69) is 10.6 Å². The Bertz CT molecular complexity index is 680. The Hall–Kier alpha value is -2.56. The fraction of sp³-hybridized carbons (Fsp3) is 0.333. The van der Waals surface area contributed by atoms with Crippen LogP contribution in [0.3, 0.4) is 0 Å². The minimum Gasteiger partial charge on any atom is -0.468 e. The van der Waals surface area contributed by atoms with Gasteiger partial charge < -0.3 is 15.4 Å². The van der Waals surface area contributed by atoms with Crippen LogP contribution in [0, 0.1) is 0 Å². The van der Waals surface area contributed by atoms with E-state index >= 15 is 0 Å². The van der Waals surface area contributed by atoms with E-state index in [9.17, 15) is 9.59 Å². The van der Waals surface area contributed by atoms with E-state index < -0.39 is 5.92 Å². The largest absolute Gasteiger partial charge is 0.468 e. The molecule has 0 bridgehead atoms. The molecule has 2 aromatic carbocycles. The van der Waals surface area contributed by atoms with Crippen molar-refractivity contribution in [1.29, 1.82) is 0 Å². The van der Waals surface area contributed by atoms with Crippen molar-refractivity contribution in [3.05, 3.63) is 48.0 Å². The Kier molecular flexibility index (Phi) is 5.97. The van der Waals surface area contributed by atoms with Crippen LogP contribution in [-0.2, 0) is 9.53 Å². The number of carbonyl (C=O) groups is 2. The average molecular weight is 314 g/mol. The van der Waals surface area contributed by atoms with Crippen molar-refractivity contribution in [2.45, 2.75) is 19.3 Å². The van der Waals surface area contributed by atoms with Crippen LogP contribution in [0.15, 0.2) is 42.5 Å². The molecule has 5 nitrogen and oxygen atoms in total. The van der Waals surface area contributed by atoms with Crippen molar-refractivity contribution in [2.75, 3.05) is 20.2 Å². The molecule has 0 aliphatic rings. The van der Waals surface area contributed by atoms with Gasteiger partial charge in [-0.05, 0) is 22.8 Å². The van der Waals surface area contributed by atoms with Crippen molar-refractivity contribution in [1.82, 2.24) is 10.6 Å². The molecule has 0 aliphatic heterocycles. The summed E-state index contributed by atoms with van der Waals surface area (Å²) in [5, 5.41) is 7.51. The van der Waals surface area contributed by atoms with Gasteiger partial charge in [0, 0.05) is 13.1 Å². The quantitative estimate of drug-likeness (QED) is 0.806. The Labute approximate surface area is 136 Å². The molecule has 0 saturated heterocycles. The highest BCUT2D eigenvalue weighted by molar-refractivity contribution is 5.91. The van der Waals surface area contributed by atoms with E-state index in [4.69, 9.17) is 4.74 Å². The molecular weight excluding hydrogens is 292 g/mol. The van der Waals surface area contributed by atoms with Gasteiger partial charge in [-0.15, -0.1) is 0 Å². The fourth-order valence-corrected chi connectivity index (χ4v) is 2.51. The molecule has 0 radical (unpaired) electrons. The number of fused-ring (bicyclic) bond motifs is 1. The Morgan fingerprint density at radius 1 is 1.09 bits per heavy atom. The molecule has 2 aromatic rings. The van der Waals surface area contributed by atoms with Crippen molar-refractivity contribution >= 4 is 22.8 Å². The normalized spacial score (nSPS) is 11.7. The molecule has 2 N–H and O–H groups in total. The minimum absolute atomic E-state index is 0.191. The van der Waals surface area contributed by atoms with Crippen molar-refractivity contribution in [3.63, 3.8) is 0 Å². The lowest BCUT2D eigenvalue weighted by atomic mass is 9.93. The maximum absolute atomic E-state index is 12.2. The van der Waals surface area contributed by atoms with Gasteiger partial charge in [-0.25, -0.2) is 4.79 Å². The third-order valence-corrected chi connectivity index (χ3v) is 3.69. The van der Waals surface area contributed by atoms with Gasteiger partial charge in [-0.1, -0.05) is 49.4 Å². The van der Waals surface area contributed by atoms with Gasteiger partial charge in [0.25, 0.3) is 0 Å². The summed E-state index contributed by atoms with van der Waals surface area (Å²) in [5.74, 6) is -0.907. The molecule has 0 fully saturated rings. The highest BCUT2D eigenvalue weighted by atomic mass is 16.5. The van der Waals surface area contributed by atoms with Gasteiger partial charge in [0.2, 0.25) is 0 Å². The van der Waals surface area contributed by atoms with Gasteiger partial charge >= 0.3 is 12.0 Å². The standard InChI is InChI=1S/C18H22N2O3/c1-3-11-19-18(22)20-12-16(17(21)23-2)15-10-6-8-13-7-4-5-9-14(13)15/h4-10,16H,3,11-12H2,1-2H3,(H2,19,20,22). The molecule has 0 aliphatic carbocycles. The molecule has 0 spiro atoms. The summed E-state index contributed by atoms with van der Waals surface area (Å²) in [6.07, 6.45) is 0.858. The molecule has 0 aromatic heterocycles. The van der Waals surface area contributed by atoms with Crippen LogP contribution in [0.4, 0.5) is 4.79 Å². The summed E-state index contributed by atoms with van der Waals surface area (Å²) in [5.41, 5.74) is 0.853. The van der Waals surface area contributed by atoms with E-state index in [1.165, 1.54) is 7.11 Å². The van der Waals surface area contributed by atoms with E-state index in [0.29, 0.717) is 6.54 Å². The van der Waals surface area contributed by atoms with Crippen LogP contribution in [0.25, 0.3) is 10.8 Å². The van der Waals surface area contributed by atoms with Crippen LogP contribution < -0.4 is 10.6 Å². The van der Waals surface area contributed by atoms with Gasteiger partial charge in [0.15, 0.2) is 0 Å². The molecule has 122 valence electrons. The second-order valence-electron chi connectivity index (χ2n) is 5.28. The number of urea groups is 1. The molecule has 0 heterocycles. The van der Waals surface area contributed by atoms with E-state index in [-0.39, 0.29) is 18.5 Å². The molecule has 1 atom stereocenters. The van der Waals surface area contributed by atoms with Gasteiger partial charge in [-0.3, -0.25) is 4.79 Å². The van der Waals surface area contributed by atoms with Crippen LogP contribution >= 0.6 is 0 Å². The zero-order chi connectivity index (χ0) is 16.7. The number of nitrogens with one attached hydrogen (secondary N) is 2.